The van der Waals surface area contributed by atoms with Crippen molar-refractivity contribution in [3.63, 3.8) is 0 Å². The number of hydrogen-bond acceptors (Lipinski definition) is 5. The molecule has 1 saturated heterocycles. The maximum absolute atomic E-state index is 12.7. The van der Waals surface area contributed by atoms with Gasteiger partial charge in [-0.1, -0.05) is 15.9 Å². The van der Waals surface area contributed by atoms with Gasteiger partial charge in [0.25, 0.3) is 5.56 Å². The Hall–Kier alpha value is -1.73. The first kappa shape index (κ1) is 15.2. The molecule has 0 bridgehead atoms. The Kier molecular flexibility index (Phi) is 4.01. The third-order valence-corrected chi connectivity index (χ3v) is 4.25. The van der Waals surface area contributed by atoms with Crippen LogP contribution in [-0.4, -0.2) is 41.6 Å². The maximum atomic E-state index is 12.7. The molecule has 1 aliphatic rings. The lowest BCUT2D eigenvalue weighted by atomic mass is 10.1. The highest BCUT2D eigenvalue weighted by atomic mass is 79.9. The third-order valence-electron chi connectivity index (χ3n) is 3.79. The molecule has 1 aliphatic heterocycles. The highest BCUT2D eigenvalue weighted by molar-refractivity contribution is 9.10. The van der Waals surface area contributed by atoms with Crippen LogP contribution in [0.5, 0.6) is 0 Å². The monoisotopic (exact) mass is 365 g/mol. The van der Waals surface area contributed by atoms with E-state index in [4.69, 9.17) is 4.74 Å². The fourth-order valence-corrected chi connectivity index (χ4v) is 3.10. The first-order valence-corrected chi connectivity index (χ1v) is 7.82. The molecule has 0 saturated carbocycles. The Bertz CT molecular complexity index is 810. The van der Waals surface area contributed by atoms with E-state index in [-0.39, 0.29) is 11.3 Å². The van der Waals surface area contributed by atoms with Gasteiger partial charge in [0.05, 0.1) is 24.1 Å². The predicted octanol–water partition coefficient (Wildman–Crippen LogP) is 1.74. The van der Waals surface area contributed by atoms with E-state index in [1.54, 1.807) is 19.2 Å². The molecule has 2 aromatic rings. The lowest BCUT2D eigenvalue weighted by molar-refractivity contribution is 0.101. The van der Waals surface area contributed by atoms with Crippen LogP contribution in [0.15, 0.2) is 21.4 Å². The molecule has 0 N–H and O–H groups in total. The quantitative estimate of drug-likeness (QED) is 0.758. The average Bonchev–Trinajstić information content (AvgIpc) is 2.51. The van der Waals surface area contributed by atoms with Crippen molar-refractivity contribution in [3.8, 4) is 0 Å². The average molecular weight is 366 g/mol. The largest absolute Gasteiger partial charge is 0.378 e. The zero-order valence-corrected chi connectivity index (χ0v) is 14.0. The Morgan fingerprint density at radius 3 is 2.64 bits per heavy atom. The highest BCUT2D eigenvalue weighted by Gasteiger charge is 2.20. The van der Waals surface area contributed by atoms with Crippen molar-refractivity contribution in [2.75, 3.05) is 31.2 Å². The van der Waals surface area contributed by atoms with Gasteiger partial charge in [-0.15, -0.1) is 0 Å². The molecule has 0 unspecified atom stereocenters. The van der Waals surface area contributed by atoms with Crippen molar-refractivity contribution in [2.24, 2.45) is 7.05 Å². The normalized spacial score (nSPS) is 15.3. The molecule has 6 nitrogen and oxygen atoms in total. The molecule has 2 heterocycles. The molecule has 0 spiro atoms. The second-order valence-electron chi connectivity index (χ2n) is 5.28. The number of carbonyl (C=O) groups is 1. The minimum Gasteiger partial charge on any atom is -0.378 e. The molecule has 116 valence electrons. The third kappa shape index (κ3) is 2.55. The number of aromatic nitrogens is 2. The molecule has 3 rings (SSSR count). The number of rotatable bonds is 2. The van der Waals surface area contributed by atoms with Gasteiger partial charge in [-0.2, -0.15) is 0 Å². The summed E-state index contributed by atoms with van der Waals surface area (Å²) in [5.74, 6) is 0.464. The topological polar surface area (TPSA) is 64.4 Å². The number of fused-ring (bicyclic) bond motifs is 1. The molecule has 1 fully saturated rings. The summed E-state index contributed by atoms with van der Waals surface area (Å²) in [5, 5.41) is 0.444. The molecule has 22 heavy (non-hydrogen) atoms. The zero-order valence-electron chi connectivity index (χ0n) is 12.4. The van der Waals surface area contributed by atoms with Crippen molar-refractivity contribution >= 4 is 38.6 Å². The van der Waals surface area contributed by atoms with Gasteiger partial charge in [-0.05, 0) is 19.1 Å². The molecule has 1 aromatic heterocycles. The van der Waals surface area contributed by atoms with E-state index in [0.29, 0.717) is 53.2 Å². The first-order valence-electron chi connectivity index (χ1n) is 7.03. The van der Waals surface area contributed by atoms with Crippen LogP contribution in [0, 0.1) is 0 Å². The summed E-state index contributed by atoms with van der Waals surface area (Å²) in [7, 11) is 1.70. The number of nitrogens with zero attached hydrogens (tertiary/aromatic N) is 3. The second-order valence-corrected chi connectivity index (χ2v) is 6.20. The predicted molar refractivity (Wildman–Crippen MR) is 87.7 cm³/mol. The van der Waals surface area contributed by atoms with Crippen LogP contribution in [0.4, 0.5) is 5.95 Å². The second kappa shape index (κ2) is 5.81. The van der Waals surface area contributed by atoms with Crippen LogP contribution in [0.25, 0.3) is 10.9 Å². The van der Waals surface area contributed by atoms with Gasteiger partial charge in [-0.25, -0.2) is 4.98 Å². The van der Waals surface area contributed by atoms with Crippen LogP contribution in [0.1, 0.15) is 17.3 Å². The highest BCUT2D eigenvalue weighted by Crippen LogP contribution is 2.23. The van der Waals surface area contributed by atoms with Crippen LogP contribution >= 0.6 is 15.9 Å². The van der Waals surface area contributed by atoms with Gasteiger partial charge < -0.3 is 9.64 Å². The summed E-state index contributed by atoms with van der Waals surface area (Å²) in [6, 6.07) is 3.42. The van der Waals surface area contributed by atoms with Crippen molar-refractivity contribution in [2.45, 2.75) is 6.92 Å². The number of hydrogen-bond donors (Lipinski definition) is 0. The number of anilines is 1. The summed E-state index contributed by atoms with van der Waals surface area (Å²) in [6.45, 7) is 4.05. The van der Waals surface area contributed by atoms with Crippen LogP contribution in [0.2, 0.25) is 0 Å². The number of halogens is 1. The number of carbonyl (C=O) groups excluding carboxylic acids is 1. The van der Waals surface area contributed by atoms with Crippen molar-refractivity contribution in [1.29, 1.82) is 0 Å². The summed E-state index contributed by atoms with van der Waals surface area (Å²) < 4.78 is 7.57. The van der Waals surface area contributed by atoms with Crippen LogP contribution < -0.4 is 10.5 Å². The van der Waals surface area contributed by atoms with E-state index in [1.165, 1.54) is 11.5 Å². The van der Waals surface area contributed by atoms with E-state index in [0.717, 1.165) is 0 Å². The molecule has 0 atom stereocenters. The van der Waals surface area contributed by atoms with Crippen molar-refractivity contribution < 1.29 is 9.53 Å². The molecule has 7 heteroatoms. The SMILES string of the molecule is CC(=O)c1cc(Br)cc2c(=O)n(C)c(N3CCOCC3)nc12. The summed E-state index contributed by atoms with van der Waals surface area (Å²) in [4.78, 5) is 31.2. The lowest BCUT2D eigenvalue weighted by Crippen LogP contribution is -2.40. The van der Waals surface area contributed by atoms with Gasteiger partial charge in [-0.3, -0.25) is 14.2 Å². The van der Waals surface area contributed by atoms with E-state index in [1.807, 2.05) is 4.90 Å². The first-order chi connectivity index (χ1) is 10.5. The Morgan fingerprint density at radius 2 is 2.00 bits per heavy atom. The number of benzene rings is 1. The molecule has 0 aliphatic carbocycles. The van der Waals surface area contributed by atoms with Gasteiger partial charge in [0.1, 0.15) is 0 Å². The minimum atomic E-state index is -0.157. The van der Waals surface area contributed by atoms with Crippen molar-refractivity contribution in [1.82, 2.24) is 9.55 Å². The fraction of sp³-hybridized carbons (Fsp3) is 0.400. The fourth-order valence-electron chi connectivity index (χ4n) is 2.64. The minimum absolute atomic E-state index is 0.111. The molecular weight excluding hydrogens is 350 g/mol. The number of Topliss-reactive ketones (excluding diaryl/α,β-unsaturated/α-hetero) is 1. The van der Waals surface area contributed by atoms with E-state index < -0.39 is 0 Å². The Balaban J connectivity index is 2.29. The zero-order chi connectivity index (χ0) is 15.9. The number of morpholine rings is 1. The van der Waals surface area contributed by atoms with E-state index in [2.05, 4.69) is 20.9 Å². The smallest absolute Gasteiger partial charge is 0.262 e. The van der Waals surface area contributed by atoms with Crippen LogP contribution in [-0.2, 0) is 11.8 Å². The molecule has 0 radical (unpaired) electrons. The summed E-state index contributed by atoms with van der Waals surface area (Å²) in [5.41, 5.74) is 0.757. The molecule has 0 amide bonds. The van der Waals surface area contributed by atoms with Gasteiger partial charge >= 0.3 is 0 Å². The van der Waals surface area contributed by atoms with Gasteiger partial charge in [0, 0.05) is 30.2 Å². The van der Waals surface area contributed by atoms with Gasteiger partial charge in [0.2, 0.25) is 5.95 Å². The number of ketones is 1. The van der Waals surface area contributed by atoms with Crippen LogP contribution in [0.3, 0.4) is 0 Å². The molecular formula is C15H16BrN3O3. The summed E-state index contributed by atoms with van der Waals surface area (Å²) >= 11 is 3.35. The summed E-state index contributed by atoms with van der Waals surface area (Å²) in [6.07, 6.45) is 0. The lowest BCUT2D eigenvalue weighted by Gasteiger charge is -2.29. The van der Waals surface area contributed by atoms with Crippen molar-refractivity contribution in [3.05, 3.63) is 32.5 Å². The molecule has 1 aromatic carbocycles. The Labute approximate surface area is 135 Å². The van der Waals surface area contributed by atoms with E-state index in [9.17, 15) is 9.59 Å². The standard InChI is InChI=1S/C15H16BrN3O3/c1-9(20)11-7-10(16)8-12-13(11)17-15(18(2)14(12)21)19-3-5-22-6-4-19/h7-8H,3-6H2,1-2H3. The van der Waals surface area contributed by atoms with Gasteiger partial charge in [0.15, 0.2) is 5.78 Å². The number of ether oxygens (including phenoxy) is 1. The Morgan fingerprint density at radius 1 is 1.32 bits per heavy atom. The van der Waals surface area contributed by atoms with E-state index >= 15 is 0 Å². The maximum Gasteiger partial charge on any atom is 0.262 e.